The number of hydrogen-bond acceptors (Lipinski definition) is 6. The fourth-order valence-corrected chi connectivity index (χ4v) is 2.78. The van der Waals surface area contributed by atoms with Crippen LogP contribution in [0.4, 0.5) is 0 Å². The molecule has 0 heterocycles. The van der Waals surface area contributed by atoms with Crippen LogP contribution in [0.25, 0.3) is 0 Å². The highest BCUT2D eigenvalue weighted by molar-refractivity contribution is 5.96. The number of unbranched alkanes of at least 4 members (excludes halogenated alkanes) is 1. The molecule has 0 fully saturated rings. The Labute approximate surface area is 182 Å². The van der Waals surface area contributed by atoms with E-state index in [1.807, 2.05) is 12.1 Å². The minimum atomic E-state index is -0.449. The van der Waals surface area contributed by atoms with Crippen LogP contribution in [-0.4, -0.2) is 39.8 Å². The molecule has 2 amide bonds. The molecule has 8 heteroatoms. The lowest BCUT2D eigenvalue weighted by molar-refractivity contribution is -0.121. The molecule has 0 aliphatic carbocycles. The van der Waals surface area contributed by atoms with E-state index in [4.69, 9.17) is 18.9 Å². The molecule has 2 aromatic carbocycles. The lowest BCUT2D eigenvalue weighted by Crippen LogP contribution is -2.41. The van der Waals surface area contributed by atoms with Gasteiger partial charge in [0.1, 0.15) is 11.5 Å². The standard InChI is InChI=1S/C23H30N2O6/c1-5-6-11-31-20-9-8-17(14-21(20)30-4)23(27)25-24-22(26)10-7-16-12-18(28-2)15-19(13-16)29-3/h8-9,12-15H,5-7,10-11H2,1-4H3,(H,24,26)(H,25,27). The Bertz CT molecular complexity index is 862. The molecule has 168 valence electrons. The van der Waals surface area contributed by atoms with Gasteiger partial charge in [-0.05, 0) is 48.7 Å². The van der Waals surface area contributed by atoms with Crippen LogP contribution in [0, 0.1) is 0 Å². The molecule has 0 unspecified atom stereocenters. The molecular weight excluding hydrogens is 400 g/mol. The van der Waals surface area contributed by atoms with Crippen LogP contribution >= 0.6 is 0 Å². The second-order valence-corrected chi connectivity index (χ2v) is 6.79. The first kappa shape index (κ1) is 23.9. The molecule has 0 bridgehead atoms. The molecule has 0 aliphatic heterocycles. The van der Waals surface area contributed by atoms with Gasteiger partial charge in [0.25, 0.3) is 5.91 Å². The minimum absolute atomic E-state index is 0.185. The minimum Gasteiger partial charge on any atom is -0.497 e. The van der Waals surface area contributed by atoms with E-state index in [2.05, 4.69) is 17.8 Å². The molecule has 31 heavy (non-hydrogen) atoms. The van der Waals surface area contributed by atoms with Crippen molar-refractivity contribution in [2.45, 2.75) is 32.6 Å². The third kappa shape index (κ3) is 7.40. The summed E-state index contributed by atoms with van der Waals surface area (Å²) in [6.07, 6.45) is 2.60. The summed E-state index contributed by atoms with van der Waals surface area (Å²) >= 11 is 0. The smallest absolute Gasteiger partial charge is 0.269 e. The van der Waals surface area contributed by atoms with Gasteiger partial charge in [-0.3, -0.25) is 20.4 Å². The number of aryl methyl sites for hydroxylation is 1. The van der Waals surface area contributed by atoms with Crippen LogP contribution < -0.4 is 29.8 Å². The molecule has 0 spiro atoms. The summed E-state index contributed by atoms with van der Waals surface area (Å²) in [5, 5.41) is 0. The van der Waals surface area contributed by atoms with Crippen molar-refractivity contribution >= 4 is 11.8 Å². The number of rotatable bonds is 11. The Morgan fingerprint density at radius 2 is 1.58 bits per heavy atom. The first-order chi connectivity index (χ1) is 15.0. The molecule has 0 atom stereocenters. The van der Waals surface area contributed by atoms with Gasteiger partial charge in [-0.15, -0.1) is 0 Å². The van der Waals surface area contributed by atoms with Crippen molar-refractivity contribution in [3.8, 4) is 23.0 Å². The summed E-state index contributed by atoms with van der Waals surface area (Å²) in [5.41, 5.74) is 6.08. The topological polar surface area (TPSA) is 95.1 Å². The van der Waals surface area contributed by atoms with E-state index in [1.165, 1.54) is 7.11 Å². The van der Waals surface area contributed by atoms with Gasteiger partial charge in [-0.25, -0.2) is 0 Å². The quantitative estimate of drug-likeness (QED) is 0.420. The maximum absolute atomic E-state index is 12.4. The largest absolute Gasteiger partial charge is 0.497 e. The van der Waals surface area contributed by atoms with Crippen molar-refractivity contribution < 1.29 is 28.5 Å². The number of benzene rings is 2. The highest BCUT2D eigenvalue weighted by Crippen LogP contribution is 2.28. The first-order valence-corrected chi connectivity index (χ1v) is 10.1. The third-order valence-electron chi connectivity index (χ3n) is 4.55. The summed E-state index contributed by atoms with van der Waals surface area (Å²) in [5.74, 6) is 1.57. The third-order valence-corrected chi connectivity index (χ3v) is 4.55. The zero-order valence-electron chi connectivity index (χ0n) is 18.4. The van der Waals surface area contributed by atoms with Gasteiger partial charge in [-0.2, -0.15) is 0 Å². The number of hydrazine groups is 1. The average Bonchev–Trinajstić information content (AvgIpc) is 2.81. The molecule has 2 N–H and O–H groups in total. The summed E-state index contributed by atoms with van der Waals surface area (Å²) in [4.78, 5) is 24.5. The number of amides is 2. The SMILES string of the molecule is CCCCOc1ccc(C(=O)NNC(=O)CCc2cc(OC)cc(OC)c2)cc1OC. The summed E-state index contributed by atoms with van der Waals surface area (Å²) in [7, 11) is 4.65. The van der Waals surface area contributed by atoms with E-state index in [-0.39, 0.29) is 12.3 Å². The van der Waals surface area contributed by atoms with Gasteiger partial charge in [0.05, 0.1) is 27.9 Å². The molecular formula is C23H30N2O6. The van der Waals surface area contributed by atoms with Crippen molar-refractivity contribution in [3.05, 3.63) is 47.5 Å². The van der Waals surface area contributed by atoms with E-state index >= 15 is 0 Å². The van der Waals surface area contributed by atoms with Gasteiger partial charge in [0.2, 0.25) is 5.91 Å². The molecule has 8 nitrogen and oxygen atoms in total. The van der Waals surface area contributed by atoms with Gasteiger partial charge in [0, 0.05) is 18.1 Å². The molecule has 0 aromatic heterocycles. The first-order valence-electron chi connectivity index (χ1n) is 10.1. The fraction of sp³-hybridized carbons (Fsp3) is 0.391. The number of carbonyl (C=O) groups is 2. The predicted octanol–water partition coefficient (Wildman–Crippen LogP) is 3.29. The molecule has 0 saturated heterocycles. The van der Waals surface area contributed by atoms with E-state index in [0.717, 1.165) is 18.4 Å². The Morgan fingerprint density at radius 3 is 2.19 bits per heavy atom. The molecule has 2 rings (SSSR count). The van der Waals surface area contributed by atoms with Crippen molar-refractivity contribution in [3.63, 3.8) is 0 Å². The number of hydrogen-bond donors (Lipinski definition) is 2. The van der Waals surface area contributed by atoms with E-state index in [0.29, 0.717) is 41.6 Å². The summed E-state index contributed by atoms with van der Waals surface area (Å²) in [6.45, 7) is 2.66. The maximum Gasteiger partial charge on any atom is 0.269 e. The fourth-order valence-electron chi connectivity index (χ4n) is 2.78. The average molecular weight is 431 g/mol. The maximum atomic E-state index is 12.4. The second-order valence-electron chi connectivity index (χ2n) is 6.79. The van der Waals surface area contributed by atoms with Crippen LogP contribution in [0.5, 0.6) is 23.0 Å². The van der Waals surface area contributed by atoms with Gasteiger partial charge in [-0.1, -0.05) is 13.3 Å². The van der Waals surface area contributed by atoms with Gasteiger partial charge >= 0.3 is 0 Å². The van der Waals surface area contributed by atoms with Crippen molar-refractivity contribution in [1.29, 1.82) is 0 Å². The van der Waals surface area contributed by atoms with Crippen LogP contribution in [-0.2, 0) is 11.2 Å². The predicted molar refractivity (Wildman–Crippen MR) is 117 cm³/mol. The lowest BCUT2D eigenvalue weighted by Gasteiger charge is -2.12. The lowest BCUT2D eigenvalue weighted by atomic mass is 10.1. The molecule has 0 aliphatic rings. The van der Waals surface area contributed by atoms with Crippen molar-refractivity contribution in [2.75, 3.05) is 27.9 Å². The highest BCUT2D eigenvalue weighted by Gasteiger charge is 2.12. The molecule has 0 radical (unpaired) electrons. The Kier molecular flexibility index (Phi) is 9.48. The van der Waals surface area contributed by atoms with Crippen molar-refractivity contribution in [1.82, 2.24) is 10.9 Å². The van der Waals surface area contributed by atoms with E-state index in [9.17, 15) is 9.59 Å². The Morgan fingerprint density at radius 1 is 0.871 bits per heavy atom. The molecule has 0 saturated carbocycles. The summed E-state index contributed by atoms with van der Waals surface area (Å²) in [6, 6.07) is 10.3. The summed E-state index contributed by atoms with van der Waals surface area (Å²) < 4.78 is 21.4. The van der Waals surface area contributed by atoms with E-state index in [1.54, 1.807) is 38.5 Å². The molecule has 2 aromatic rings. The Balaban J connectivity index is 1.88. The van der Waals surface area contributed by atoms with Gasteiger partial charge in [0.15, 0.2) is 11.5 Å². The highest BCUT2D eigenvalue weighted by atomic mass is 16.5. The van der Waals surface area contributed by atoms with Crippen LogP contribution in [0.1, 0.15) is 42.1 Å². The van der Waals surface area contributed by atoms with Gasteiger partial charge < -0.3 is 18.9 Å². The normalized spacial score (nSPS) is 10.2. The zero-order valence-corrected chi connectivity index (χ0v) is 18.4. The number of ether oxygens (including phenoxy) is 4. The Hall–Kier alpha value is -3.42. The van der Waals surface area contributed by atoms with E-state index < -0.39 is 5.91 Å². The zero-order chi connectivity index (χ0) is 22.6. The number of carbonyl (C=O) groups excluding carboxylic acids is 2. The van der Waals surface area contributed by atoms with Crippen LogP contribution in [0.15, 0.2) is 36.4 Å². The number of methoxy groups -OCH3 is 3. The van der Waals surface area contributed by atoms with Crippen LogP contribution in [0.3, 0.4) is 0 Å². The second kappa shape index (κ2) is 12.3. The number of nitrogens with one attached hydrogen (secondary N) is 2. The van der Waals surface area contributed by atoms with Crippen molar-refractivity contribution in [2.24, 2.45) is 0 Å². The monoisotopic (exact) mass is 430 g/mol. The van der Waals surface area contributed by atoms with Crippen LogP contribution in [0.2, 0.25) is 0 Å².